The first-order chi connectivity index (χ1) is 9.46. The predicted molar refractivity (Wildman–Crippen MR) is 69.6 cm³/mol. The van der Waals surface area contributed by atoms with E-state index in [1.54, 1.807) is 16.8 Å². The first-order valence-corrected chi connectivity index (χ1v) is 6.20. The van der Waals surface area contributed by atoms with E-state index in [1.807, 2.05) is 0 Å². The molecule has 4 atom stereocenters. The summed E-state index contributed by atoms with van der Waals surface area (Å²) in [4.78, 5) is 8.01. The first-order valence-electron chi connectivity index (χ1n) is 6.20. The van der Waals surface area contributed by atoms with Crippen LogP contribution in [0.1, 0.15) is 13.2 Å². The van der Waals surface area contributed by atoms with Crippen LogP contribution in [0.25, 0.3) is 11.0 Å². The van der Waals surface area contributed by atoms with Crippen LogP contribution in [0.2, 0.25) is 0 Å². The molecule has 3 rings (SSSR count). The van der Waals surface area contributed by atoms with Crippen molar-refractivity contribution < 1.29 is 20.1 Å². The molecule has 0 radical (unpaired) electrons. The van der Waals surface area contributed by atoms with Gasteiger partial charge in [-0.2, -0.15) is 0 Å². The lowest BCUT2D eigenvalue weighted by Gasteiger charge is -2.27. The Labute approximate surface area is 114 Å². The number of nitrogen functional groups attached to an aromatic ring is 1. The summed E-state index contributed by atoms with van der Waals surface area (Å²) in [7, 11) is 0. The van der Waals surface area contributed by atoms with Crippen LogP contribution in [0.3, 0.4) is 0 Å². The molecule has 0 spiro atoms. The van der Waals surface area contributed by atoms with Gasteiger partial charge in [0, 0.05) is 6.20 Å². The molecule has 8 nitrogen and oxygen atoms in total. The Morgan fingerprint density at radius 1 is 1.50 bits per heavy atom. The number of aromatic nitrogens is 3. The van der Waals surface area contributed by atoms with E-state index in [9.17, 15) is 15.3 Å². The van der Waals surface area contributed by atoms with Crippen LogP contribution in [0.4, 0.5) is 5.82 Å². The maximum atomic E-state index is 10.4. The van der Waals surface area contributed by atoms with Gasteiger partial charge in [-0.1, -0.05) is 0 Å². The highest BCUT2D eigenvalue weighted by Gasteiger charge is 2.53. The zero-order valence-electron chi connectivity index (χ0n) is 10.8. The molecule has 1 aliphatic heterocycles. The molecule has 2 aromatic rings. The number of ether oxygens (including phenoxy) is 1. The molecular weight excluding hydrogens is 264 g/mol. The highest BCUT2D eigenvalue weighted by molar-refractivity contribution is 5.86. The van der Waals surface area contributed by atoms with Gasteiger partial charge in [0.05, 0.1) is 12.0 Å². The number of rotatable bonds is 2. The molecule has 0 aliphatic carbocycles. The van der Waals surface area contributed by atoms with Gasteiger partial charge >= 0.3 is 0 Å². The van der Waals surface area contributed by atoms with E-state index in [4.69, 9.17) is 10.5 Å². The monoisotopic (exact) mass is 280 g/mol. The van der Waals surface area contributed by atoms with Crippen molar-refractivity contribution in [2.75, 3.05) is 12.3 Å². The molecule has 1 unspecified atom stereocenters. The van der Waals surface area contributed by atoms with Gasteiger partial charge in [0.15, 0.2) is 6.23 Å². The van der Waals surface area contributed by atoms with Gasteiger partial charge in [-0.25, -0.2) is 9.97 Å². The minimum Gasteiger partial charge on any atom is -0.394 e. The number of nitrogens with two attached hydrogens (primary N) is 1. The third kappa shape index (κ3) is 1.70. The Balaban J connectivity index is 2.10. The Hall–Kier alpha value is -1.74. The molecule has 5 N–H and O–H groups in total. The SMILES string of the molecule is C[C@@]1(O)[C@H](O)C(CO)O[C@H]1n1ccc2c(N)ncnc21. The zero-order chi connectivity index (χ0) is 14.5. The van der Waals surface area contributed by atoms with E-state index in [1.165, 1.54) is 13.3 Å². The summed E-state index contributed by atoms with van der Waals surface area (Å²) in [5, 5.41) is 30.3. The summed E-state index contributed by atoms with van der Waals surface area (Å²) in [6, 6.07) is 1.71. The lowest BCUT2D eigenvalue weighted by Crippen LogP contribution is -2.44. The number of hydrogen-bond donors (Lipinski definition) is 4. The van der Waals surface area contributed by atoms with Crippen molar-refractivity contribution in [1.82, 2.24) is 14.5 Å². The Morgan fingerprint density at radius 3 is 2.90 bits per heavy atom. The molecule has 2 aromatic heterocycles. The fraction of sp³-hybridized carbons (Fsp3) is 0.500. The summed E-state index contributed by atoms with van der Waals surface area (Å²) in [6.45, 7) is 1.07. The average Bonchev–Trinajstić information content (AvgIpc) is 2.92. The van der Waals surface area contributed by atoms with Crippen LogP contribution in [-0.2, 0) is 4.74 Å². The molecule has 20 heavy (non-hydrogen) atoms. The Morgan fingerprint density at radius 2 is 2.25 bits per heavy atom. The normalized spacial score (nSPS) is 33.9. The maximum Gasteiger partial charge on any atom is 0.167 e. The van der Waals surface area contributed by atoms with Crippen molar-refractivity contribution >= 4 is 16.9 Å². The summed E-state index contributed by atoms with van der Waals surface area (Å²) in [5.74, 6) is 0.325. The van der Waals surface area contributed by atoms with Crippen LogP contribution in [0.15, 0.2) is 18.6 Å². The van der Waals surface area contributed by atoms with Crippen LogP contribution in [0.5, 0.6) is 0 Å². The molecule has 8 heteroatoms. The highest BCUT2D eigenvalue weighted by atomic mass is 16.6. The number of hydrogen-bond acceptors (Lipinski definition) is 7. The second kappa shape index (κ2) is 4.38. The third-order valence-corrected chi connectivity index (χ3v) is 3.73. The van der Waals surface area contributed by atoms with Crippen molar-refractivity contribution in [3.63, 3.8) is 0 Å². The van der Waals surface area contributed by atoms with Crippen molar-refractivity contribution in [2.45, 2.75) is 31.0 Å². The molecule has 1 aliphatic rings. The minimum atomic E-state index is -1.56. The minimum absolute atomic E-state index is 0.325. The second-order valence-electron chi connectivity index (χ2n) is 5.10. The lowest BCUT2D eigenvalue weighted by atomic mass is 9.96. The second-order valence-corrected chi connectivity index (χ2v) is 5.10. The number of fused-ring (bicyclic) bond motifs is 1. The zero-order valence-corrected chi connectivity index (χ0v) is 10.8. The average molecular weight is 280 g/mol. The molecule has 1 saturated heterocycles. The van der Waals surface area contributed by atoms with Gasteiger partial charge in [0.2, 0.25) is 0 Å². The highest BCUT2D eigenvalue weighted by Crippen LogP contribution is 2.39. The standard InChI is InChI=1S/C12H16N4O4/c1-12(19)8(18)7(4-17)20-11(12)16-3-2-6-9(13)14-5-15-10(6)16/h2-3,5,7-8,11,17-19H,4H2,1H3,(H2,13,14,15)/t7?,8-,11-,12-/m1/s1. The third-order valence-electron chi connectivity index (χ3n) is 3.73. The topological polar surface area (TPSA) is 127 Å². The summed E-state index contributed by atoms with van der Waals surface area (Å²) in [5.41, 5.74) is 4.70. The van der Waals surface area contributed by atoms with Crippen molar-refractivity contribution in [3.05, 3.63) is 18.6 Å². The first kappa shape index (κ1) is 13.3. The van der Waals surface area contributed by atoms with Crippen LogP contribution >= 0.6 is 0 Å². The molecule has 1 fully saturated rings. The molecule has 0 saturated carbocycles. The summed E-state index contributed by atoms with van der Waals surface area (Å²) < 4.78 is 7.12. The quantitative estimate of drug-likeness (QED) is 0.556. The smallest absolute Gasteiger partial charge is 0.167 e. The van der Waals surface area contributed by atoms with Gasteiger partial charge in [0.1, 0.15) is 35.6 Å². The van der Waals surface area contributed by atoms with Crippen molar-refractivity contribution in [3.8, 4) is 0 Å². The number of aliphatic hydroxyl groups is 3. The van der Waals surface area contributed by atoms with E-state index in [2.05, 4.69) is 9.97 Å². The fourth-order valence-corrected chi connectivity index (χ4v) is 2.57. The van der Waals surface area contributed by atoms with Gasteiger partial charge < -0.3 is 30.4 Å². The lowest BCUT2D eigenvalue weighted by molar-refractivity contribution is -0.0948. The van der Waals surface area contributed by atoms with Crippen molar-refractivity contribution in [2.24, 2.45) is 0 Å². The maximum absolute atomic E-state index is 10.4. The molecule has 0 amide bonds. The summed E-state index contributed by atoms with van der Waals surface area (Å²) >= 11 is 0. The number of aliphatic hydroxyl groups excluding tert-OH is 2. The Kier molecular flexibility index (Phi) is 2.91. The van der Waals surface area contributed by atoms with E-state index in [-0.39, 0.29) is 6.61 Å². The van der Waals surface area contributed by atoms with Crippen LogP contribution < -0.4 is 5.73 Å². The van der Waals surface area contributed by atoms with Crippen molar-refractivity contribution in [1.29, 1.82) is 0 Å². The van der Waals surface area contributed by atoms with E-state index >= 15 is 0 Å². The van der Waals surface area contributed by atoms with Gasteiger partial charge in [-0.05, 0) is 13.0 Å². The largest absolute Gasteiger partial charge is 0.394 e. The van der Waals surface area contributed by atoms with Gasteiger partial charge in [0.25, 0.3) is 0 Å². The van der Waals surface area contributed by atoms with Gasteiger partial charge in [-0.3, -0.25) is 0 Å². The van der Waals surface area contributed by atoms with Crippen LogP contribution in [-0.4, -0.2) is 54.3 Å². The van der Waals surface area contributed by atoms with Crippen LogP contribution in [0, 0.1) is 0 Å². The summed E-state index contributed by atoms with van der Waals surface area (Å²) in [6.07, 6.45) is 0.0428. The van der Waals surface area contributed by atoms with E-state index in [0.29, 0.717) is 16.9 Å². The molecule has 3 heterocycles. The predicted octanol–water partition coefficient (Wildman–Crippen LogP) is -0.985. The van der Waals surface area contributed by atoms with Gasteiger partial charge in [-0.15, -0.1) is 0 Å². The molecule has 0 bridgehead atoms. The fourth-order valence-electron chi connectivity index (χ4n) is 2.57. The molecular formula is C12H16N4O4. The van der Waals surface area contributed by atoms with E-state index < -0.39 is 24.0 Å². The number of nitrogens with zero attached hydrogens (tertiary/aromatic N) is 3. The molecule has 108 valence electrons. The molecule has 0 aromatic carbocycles. The van der Waals surface area contributed by atoms with E-state index in [0.717, 1.165) is 0 Å². The Bertz CT molecular complexity index is 641. The number of anilines is 1.